The fraction of sp³-hybridized carbons (Fsp3) is 0.0417. The Morgan fingerprint density at radius 2 is 1.67 bits per heavy atom. The average Bonchev–Trinajstić information content (AvgIpc) is 3.21. The molecule has 1 amide bonds. The van der Waals surface area contributed by atoms with E-state index in [9.17, 15) is 10.1 Å². The monoisotopic (exact) mass is 410 g/mol. The molecule has 0 bridgehead atoms. The van der Waals surface area contributed by atoms with Gasteiger partial charge < -0.3 is 5.32 Å². The topological polar surface area (TPSA) is 70.7 Å². The lowest BCUT2D eigenvalue weighted by atomic mass is 10.2. The summed E-state index contributed by atoms with van der Waals surface area (Å²) in [5.74, 6) is -0.216. The molecule has 3 aromatic carbocycles. The quantitative estimate of drug-likeness (QED) is 0.474. The molecule has 1 heterocycles. The number of anilines is 1. The molecule has 0 unspecified atom stereocenters. The molecule has 30 heavy (non-hydrogen) atoms. The van der Waals surface area contributed by atoms with E-state index in [0.717, 1.165) is 15.4 Å². The molecule has 4 rings (SSSR count). The molecule has 5 nitrogen and oxygen atoms in total. The van der Waals surface area contributed by atoms with Crippen LogP contribution in [-0.2, 0) is 6.54 Å². The van der Waals surface area contributed by atoms with Gasteiger partial charge in [0.25, 0.3) is 5.91 Å². The third-order valence-corrected chi connectivity index (χ3v) is 5.59. The van der Waals surface area contributed by atoms with Crippen molar-refractivity contribution in [3.05, 3.63) is 108 Å². The van der Waals surface area contributed by atoms with Gasteiger partial charge in [-0.3, -0.25) is 9.48 Å². The number of rotatable bonds is 6. The zero-order valence-corrected chi connectivity index (χ0v) is 16.8. The van der Waals surface area contributed by atoms with Crippen molar-refractivity contribution in [2.24, 2.45) is 0 Å². The molecule has 0 aliphatic carbocycles. The fourth-order valence-electron chi connectivity index (χ4n) is 2.99. The standard InChI is InChI=1S/C24H18N4OS/c25-14-19-10-4-6-12-22(19)30-23-13-7-5-11-21(23)24(29)27-20-15-26-28(17-20)16-18-8-2-1-3-9-18/h1-13,15,17H,16H2,(H,27,29). The van der Waals surface area contributed by atoms with Gasteiger partial charge in [-0.1, -0.05) is 66.4 Å². The van der Waals surface area contributed by atoms with Crippen LogP contribution in [0.15, 0.2) is 101 Å². The number of hydrogen-bond acceptors (Lipinski definition) is 4. The summed E-state index contributed by atoms with van der Waals surface area (Å²) < 4.78 is 1.79. The van der Waals surface area contributed by atoms with E-state index in [4.69, 9.17) is 0 Å². The normalized spacial score (nSPS) is 10.4. The molecule has 1 N–H and O–H groups in total. The number of carbonyl (C=O) groups excluding carboxylic acids is 1. The molecular formula is C24H18N4OS. The molecule has 6 heteroatoms. The Morgan fingerprint density at radius 1 is 0.967 bits per heavy atom. The first-order chi connectivity index (χ1) is 14.7. The van der Waals surface area contributed by atoms with Crippen LogP contribution in [0.1, 0.15) is 21.5 Å². The number of amides is 1. The highest BCUT2D eigenvalue weighted by Crippen LogP contribution is 2.32. The number of benzene rings is 3. The molecule has 0 fully saturated rings. The largest absolute Gasteiger partial charge is 0.319 e. The van der Waals surface area contributed by atoms with E-state index in [-0.39, 0.29) is 5.91 Å². The maximum atomic E-state index is 12.9. The van der Waals surface area contributed by atoms with Crippen molar-refractivity contribution in [3.8, 4) is 6.07 Å². The van der Waals surface area contributed by atoms with Crippen molar-refractivity contribution in [1.29, 1.82) is 5.26 Å². The van der Waals surface area contributed by atoms with Crippen LogP contribution in [0.5, 0.6) is 0 Å². The van der Waals surface area contributed by atoms with Gasteiger partial charge in [0, 0.05) is 16.0 Å². The summed E-state index contributed by atoms with van der Waals surface area (Å²) in [7, 11) is 0. The Morgan fingerprint density at radius 3 is 2.47 bits per heavy atom. The molecule has 0 aliphatic heterocycles. The zero-order valence-electron chi connectivity index (χ0n) is 16.0. The number of carbonyl (C=O) groups is 1. The van der Waals surface area contributed by atoms with Gasteiger partial charge in [0.2, 0.25) is 0 Å². The number of nitrogens with zero attached hydrogens (tertiary/aromatic N) is 3. The summed E-state index contributed by atoms with van der Waals surface area (Å²) in [6, 6.07) is 26.9. The Balaban J connectivity index is 1.50. The molecule has 0 radical (unpaired) electrons. The highest BCUT2D eigenvalue weighted by atomic mass is 32.2. The second kappa shape index (κ2) is 9.12. The third-order valence-electron chi connectivity index (χ3n) is 4.44. The van der Waals surface area contributed by atoms with Crippen molar-refractivity contribution in [2.75, 3.05) is 5.32 Å². The first-order valence-electron chi connectivity index (χ1n) is 9.36. The molecule has 1 aromatic heterocycles. The van der Waals surface area contributed by atoms with Gasteiger partial charge in [-0.2, -0.15) is 10.4 Å². The highest BCUT2D eigenvalue weighted by molar-refractivity contribution is 7.99. The second-order valence-corrected chi connectivity index (χ2v) is 7.66. The average molecular weight is 411 g/mol. The van der Waals surface area contributed by atoms with Crippen LogP contribution < -0.4 is 5.32 Å². The molecule has 146 valence electrons. The maximum Gasteiger partial charge on any atom is 0.256 e. The first kappa shape index (κ1) is 19.5. The highest BCUT2D eigenvalue weighted by Gasteiger charge is 2.14. The minimum absolute atomic E-state index is 0.216. The van der Waals surface area contributed by atoms with E-state index in [1.807, 2.05) is 72.9 Å². The van der Waals surface area contributed by atoms with Gasteiger partial charge in [0.05, 0.1) is 29.6 Å². The Bertz CT molecular complexity index is 1210. The van der Waals surface area contributed by atoms with Gasteiger partial charge in [-0.05, 0) is 29.8 Å². The van der Waals surface area contributed by atoms with E-state index in [2.05, 4.69) is 16.5 Å². The van der Waals surface area contributed by atoms with Crippen LogP contribution in [0.4, 0.5) is 5.69 Å². The predicted octanol–water partition coefficient (Wildman–Crippen LogP) is 5.21. The predicted molar refractivity (Wildman–Crippen MR) is 117 cm³/mol. The van der Waals surface area contributed by atoms with Crippen LogP contribution in [-0.4, -0.2) is 15.7 Å². The fourth-order valence-corrected chi connectivity index (χ4v) is 4.02. The minimum atomic E-state index is -0.216. The van der Waals surface area contributed by atoms with Crippen LogP contribution >= 0.6 is 11.8 Å². The number of aromatic nitrogens is 2. The lowest BCUT2D eigenvalue weighted by molar-refractivity contribution is 0.102. The summed E-state index contributed by atoms with van der Waals surface area (Å²) >= 11 is 1.41. The number of hydrogen-bond donors (Lipinski definition) is 1. The lowest BCUT2D eigenvalue weighted by Crippen LogP contribution is -2.12. The number of nitrogens with one attached hydrogen (secondary N) is 1. The van der Waals surface area contributed by atoms with Gasteiger partial charge in [-0.25, -0.2) is 0 Å². The van der Waals surface area contributed by atoms with Crippen LogP contribution in [0, 0.1) is 11.3 Å². The van der Waals surface area contributed by atoms with Gasteiger partial charge in [0.1, 0.15) is 6.07 Å². The van der Waals surface area contributed by atoms with Crippen molar-refractivity contribution in [3.63, 3.8) is 0 Å². The van der Waals surface area contributed by atoms with E-state index in [0.29, 0.717) is 23.4 Å². The molecule has 0 saturated heterocycles. The lowest BCUT2D eigenvalue weighted by Gasteiger charge is -2.10. The summed E-state index contributed by atoms with van der Waals surface area (Å²) in [4.78, 5) is 14.5. The van der Waals surface area contributed by atoms with Crippen LogP contribution in [0.25, 0.3) is 0 Å². The smallest absolute Gasteiger partial charge is 0.256 e. The van der Waals surface area contributed by atoms with E-state index in [1.54, 1.807) is 23.0 Å². The summed E-state index contributed by atoms with van der Waals surface area (Å²) in [5.41, 5.74) is 2.90. The Labute approximate surface area is 179 Å². The van der Waals surface area contributed by atoms with Crippen molar-refractivity contribution in [2.45, 2.75) is 16.3 Å². The van der Waals surface area contributed by atoms with E-state index in [1.165, 1.54) is 11.8 Å². The van der Waals surface area contributed by atoms with Gasteiger partial charge in [-0.15, -0.1) is 0 Å². The Hall–Kier alpha value is -3.82. The molecule has 0 spiro atoms. The molecule has 0 saturated carbocycles. The van der Waals surface area contributed by atoms with Crippen molar-refractivity contribution in [1.82, 2.24) is 9.78 Å². The Kier molecular flexibility index (Phi) is 5.93. The third kappa shape index (κ3) is 4.59. The SMILES string of the molecule is N#Cc1ccccc1Sc1ccccc1C(=O)Nc1cnn(Cc2ccccc2)c1. The van der Waals surface area contributed by atoms with Gasteiger partial charge in [0.15, 0.2) is 0 Å². The first-order valence-corrected chi connectivity index (χ1v) is 10.2. The maximum absolute atomic E-state index is 12.9. The summed E-state index contributed by atoms with van der Waals surface area (Å²) in [5, 5.41) is 16.6. The van der Waals surface area contributed by atoms with E-state index < -0.39 is 0 Å². The summed E-state index contributed by atoms with van der Waals surface area (Å²) in [6.45, 7) is 0.633. The van der Waals surface area contributed by atoms with Crippen molar-refractivity contribution < 1.29 is 4.79 Å². The number of nitriles is 1. The van der Waals surface area contributed by atoms with Crippen LogP contribution in [0.2, 0.25) is 0 Å². The molecule has 0 atom stereocenters. The minimum Gasteiger partial charge on any atom is -0.319 e. The molecular weight excluding hydrogens is 392 g/mol. The molecule has 4 aromatic rings. The van der Waals surface area contributed by atoms with Gasteiger partial charge >= 0.3 is 0 Å². The summed E-state index contributed by atoms with van der Waals surface area (Å²) in [6.07, 6.45) is 3.45. The van der Waals surface area contributed by atoms with E-state index >= 15 is 0 Å². The second-order valence-electron chi connectivity index (χ2n) is 6.57. The molecule has 0 aliphatic rings. The van der Waals surface area contributed by atoms with Crippen molar-refractivity contribution >= 4 is 23.4 Å². The zero-order chi connectivity index (χ0) is 20.8. The van der Waals surface area contributed by atoms with Crippen LogP contribution in [0.3, 0.4) is 0 Å².